The number of nitrogens with zero attached hydrogens (tertiary/aromatic N) is 2. The minimum absolute atomic E-state index is 0.0264. The van der Waals surface area contributed by atoms with Gasteiger partial charge in [-0.15, -0.1) is 11.3 Å². The Labute approximate surface area is 197 Å². The van der Waals surface area contributed by atoms with Crippen molar-refractivity contribution in [1.29, 1.82) is 0 Å². The molecule has 174 valence electrons. The third-order valence-corrected chi connectivity index (χ3v) is 7.72. The third-order valence-electron chi connectivity index (χ3n) is 4.93. The predicted octanol–water partition coefficient (Wildman–Crippen LogP) is 4.02. The molecule has 8 nitrogen and oxygen atoms in total. The molecule has 3 aromatic rings. The molecule has 1 amide bonds. The molecule has 0 aliphatic rings. The van der Waals surface area contributed by atoms with Gasteiger partial charge in [-0.2, -0.15) is 4.31 Å². The van der Waals surface area contributed by atoms with Gasteiger partial charge in [0.25, 0.3) is 5.91 Å². The van der Waals surface area contributed by atoms with E-state index >= 15 is 0 Å². The Morgan fingerprint density at radius 3 is 2.42 bits per heavy atom. The Morgan fingerprint density at radius 1 is 1.06 bits per heavy atom. The number of ether oxygens (including phenoxy) is 1. The molecule has 1 heterocycles. The molecule has 33 heavy (non-hydrogen) atoms. The van der Waals surface area contributed by atoms with E-state index in [1.165, 1.54) is 53.9 Å². The van der Waals surface area contributed by atoms with E-state index in [2.05, 4.69) is 10.3 Å². The quantitative estimate of drug-likeness (QED) is 0.481. The van der Waals surface area contributed by atoms with E-state index in [1.54, 1.807) is 13.8 Å². The van der Waals surface area contributed by atoms with Crippen molar-refractivity contribution in [2.24, 2.45) is 0 Å². The van der Waals surface area contributed by atoms with Gasteiger partial charge < -0.3 is 4.74 Å². The number of amides is 1. The van der Waals surface area contributed by atoms with Crippen LogP contribution in [0.1, 0.15) is 31.1 Å². The lowest BCUT2D eigenvalue weighted by Gasteiger charge is -2.21. The maximum absolute atomic E-state index is 12.7. The van der Waals surface area contributed by atoms with Crippen LogP contribution in [0.4, 0.5) is 5.13 Å². The number of nitrogens with one attached hydrogen (secondary N) is 1. The number of benzene rings is 2. The zero-order valence-corrected chi connectivity index (χ0v) is 20.3. The van der Waals surface area contributed by atoms with Crippen LogP contribution in [-0.2, 0) is 19.6 Å². The second-order valence-electron chi connectivity index (χ2n) is 7.58. The third kappa shape index (κ3) is 5.84. The lowest BCUT2D eigenvalue weighted by molar-refractivity contribution is -0.123. The summed E-state index contributed by atoms with van der Waals surface area (Å²) in [5.41, 5.74) is 1.69. The van der Waals surface area contributed by atoms with Crippen molar-refractivity contribution in [2.45, 2.75) is 37.8 Å². The Balaban J connectivity index is 1.66. The standard InChI is InChI=1S/C23H25N3O5S2/c1-15(2)26(4)33(29,30)19-12-8-11-18(13-19)22(28)31-16(3)21(27)25-23-24-20(14-32-23)17-9-6-5-7-10-17/h5-16H,1-4H3,(H,24,25,27). The minimum atomic E-state index is -3.76. The molecule has 0 spiro atoms. The summed E-state index contributed by atoms with van der Waals surface area (Å²) in [4.78, 5) is 29.4. The first kappa shape index (κ1) is 24.6. The number of esters is 1. The highest BCUT2D eigenvalue weighted by atomic mass is 32.2. The molecule has 3 rings (SSSR count). The number of rotatable bonds is 8. The largest absolute Gasteiger partial charge is 0.449 e. The van der Waals surface area contributed by atoms with E-state index in [0.717, 1.165) is 11.3 Å². The van der Waals surface area contributed by atoms with Gasteiger partial charge in [0, 0.05) is 24.0 Å². The number of aromatic nitrogens is 1. The van der Waals surface area contributed by atoms with Gasteiger partial charge in [0.2, 0.25) is 10.0 Å². The molecule has 0 radical (unpaired) electrons. The van der Waals surface area contributed by atoms with Gasteiger partial charge in [-0.25, -0.2) is 18.2 Å². The zero-order chi connectivity index (χ0) is 24.2. The van der Waals surface area contributed by atoms with Crippen LogP contribution in [0.15, 0.2) is 64.9 Å². The van der Waals surface area contributed by atoms with Crippen LogP contribution in [0.5, 0.6) is 0 Å². The number of carbonyl (C=O) groups excluding carboxylic acids is 2. The van der Waals surface area contributed by atoms with Crippen LogP contribution in [0.2, 0.25) is 0 Å². The molecule has 1 aromatic heterocycles. The van der Waals surface area contributed by atoms with Crippen LogP contribution in [0.3, 0.4) is 0 Å². The SMILES string of the molecule is CC(OC(=O)c1cccc(S(=O)(=O)N(C)C(C)C)c1)C(=O)Nc1nc(-c2ccccc2)cs1. The van der Waals surface area contributed by atoms with Crippen LogP contribution >= 0.6 is 11.3 Å². The first-order valence-electron chi connectivity index (χ1n) is 10.2. The monoisotopic (exact) mass is 487 g/mol. The van der Waals surface area contributed by atoms with Crippen LogP contribution in [0, 0.1) is 0 Å². The summed E-state index contributed by atoms with van der Waals surface area (Å²) in [6, 6.07) is 14.8. The Bertz CT molecular complexity index is 1240. The average Bonchev–Trinajstić information content (AvgIpc) is 3.27. The van der Waals surface area contributed by atoms with Crippen LogP contribution in [0.25, 0.3) is 11.3 Å². The summed E-state index contributed by atoms with van der Waals surface area (Å²) in [5.74, 6) is -1.34. The van der Waals surface area contributed by atoms with Gasteiger partial charge in [-0.05, 0) is 39.0 Å². The van der Waals surface area contributed by atoms with E-state index in [0.29, 0.717) is 5.13 Å². The summed E-state index contributed by atoms with van der Waals surface area (Å²) in [5, 5.41) is 4.84. The number of thiazole rings is 1. The molecule has 0 saturated heterocycles. The van der Waals surface area contributed by atoms with Crippen molar-refractivity contribution >= 4 is 38.4 Å². The topological polar surface area (TPSA) is 106 Å². The molecule has 1 unspecified atom stereocenters. The van der Waals surface area contributed by atoms with Gasteiger partial charge in [-0.3, -0.25) is 10.1 Å². The normalized spacial score (nSPS) is 12.5. The first-order chi connectivity index (χ1) is 15.6. The van der Waals surface area contributed by atoms with E-state index in [4.69, 9.17) is 4.74 Å². The van der Waals surface area contributed by atoms with Gasteiger partial charge >= 0.3 is 5.97 Å². The molecular weight excluding hydrogens is 462 g/mol. The van der Waals surface area contributed by atoms with Crippen LogP contribution in [-0.4, -0.2) is 48.8 Å². The molecule has 0 saturated carbocycles. The van der Waals surface area contributed by atoms with E-state index in [1.807, 2.05) is 35.7 Å². The van der Waals surface area contributed by atoms with Gasteiger partial charge in [0.05, 0.1) is 16.2 Å². The van der Waals surface area contributed by atoms with Crippen molar-refractivity contribution < 1.29 is 22.7 Å². The smallest absolute Gasteiger partial charge is 0.338 e. The Hall–Kier alpha value is -3.08. The van der Waals surface area contributed by atoms with Crippen molar-refractivity contribution in [3.05, 3.63) is 65.5 Å². The molecule has 0 fully saturated rings. The summed E-state index contributed by atoms with van der Waals surface area (Å²) < 4.78 is 31.8. The Kier molecular flexibility index (Phi) is 7.62. The minimum Gasteiger partial charge on any atom is -0.449 e. The van der Waals surface area contributed by atoms with Gasteiger partial charge in [0.15, 0.2) is 11.2 Å². The van der Waals surface area contributed by atoms with Crippen molar-refractivity contribution in [1.82, 2.24) is 9.29 Å². The van der Waals surface area contributed by atoms with E-state index < -0.39 is 28.0 Å². The highest BCUT2D eigenvalue weighted by molar-refractivity contribution is 7.89. The van der Waals surface area contributed by atoms with E-state index in [-0.39, 0.29) is 16.5 Å². The summed E-state index contributed by atoms with van der Waals surface area (Å²) in [6.45, 7) is 4.94. The number of anilines is 1. The van der Waals surface area contributed by atoms with Crippen molar-refractivity contribution in [3.63, 3.8) is 0 Å². The van der Waals surface area contributed by atoms with Crippen LogP contribution < -0.4 is 5.32 Å². The molecule has 0 bridgehead atoms. The summed E-state index contributed by atoms with van der Waals surface area (Å²) in [7, 11) is -2.29. The zero-order valence-electron chi connectivity index (χ0n) is 18.7. The maximum atomic E-state index is 12.7. The maximum Gasteiger partial charge on any atom is 0.338 e. The summed E-state index contributed by atoms with van der Waals surface area (Å²) in [6.07, 6.45) is -1.11. The molecule has 2 aromatic carbocycles. The molecule has 1 atom stereocenters. The van der Waals surface area contributed by atoms with E-state index in [9.17, 15) is 18.0 Å². The average molecular weight is 488 g/mol. The van der Waals surface area contributed by atoms with Gasteiger partial charge in [-0.1, -0.05) is 36.4 Å². The lowest BCUT2D eigenvalue weighted by atomic mass is 10.2. The van der Waals surface area contributed by atoms with Gasteiger partial charge in [0.1, 0.15) is 0 Å². The molecule has 0 aliphatic carbocycles. The molecule has 0 aliphatic heterocycles. The van der Waals surface area contributed by atoms with Crippen molar-refractivity contribution in [3.8, 4) is 11.3 Å². The number of hydrogen-bond acceptors (Lipinski definition) is 7. The lowest BCUT2D eigenvalue weighted by Crippen LogP contribution is -2.33. The molecular formula is C23H25N3O5S2. The fourth-order valence-corrected chi connectivity index (χ4v) is 4.93. The van der Waals surface area contributed by atoms with Crippen molar-refractivity contribution in [2.75, 3.05) is 12.4 Å². The molecule has 10 heteroatoms. The second kappa shape index (κ2) is 10.2. The molecule has 1 N–H and O–H groups in total. The fourth-order valence-electron chi connectivity index (χ4n) is 2.79. The number of sulfonamides is 1. The predicted molar refractivity (Wildman–Crippen MR) is 128 cm³/mol. The highest BCUT2D eigenvalue weighted by Gasteiger charge is 2.25. The summed E-state index contributed by atoms with van der Waals surface area (Å²) >= 11 is 1.26. The second-order valence-corrected chi connectivity index (χ2v) is 10.4. The fraction of sp³-hybridized carbons (Fsp3) is 0.261. The number of hydrogen-bond donors (Lipinski definition) is 1. The first-order valence-corrected chi connectivity index (χ1v) is 12.5. The number of carbonyl (C=O) groups is 2. The highest BCUT2D eigenvalue weighted by Crippen LogP contribution is 2.25. The Morgan fingerprint density at radius 2 is 1.76 bits per heavy atom.